The van der Waals surface area contributed by atoms with Crippen LogP contribution in [0.4, 0.5) is 0 Å². The normalized spacial score (nSPS) is 17.9. The van der Waals surface area contributed by atoms with Gasteiger partial charge in [0, 0.05) is 37.6 Å². The van der Waals surface area contributed by atoms with Gasteiger partial charge in [0.1, 0.15) is 11.3 Å². The SMILES string of the molecule is O=C(/C=C/c1cc2ccccc2o1)NCC1CN(Cc2ccccc2)CCO1. The fourth-order valence-electron chi connectivity index (χ4n) is 3.40. The van der Waals surface area contributed by atoms with Crippen molar-refractivity contribution in [3.63, 3.8) is 0 Å². The topological polar surface area (TPSA) is 54.7 Å². The van der Waals surface area contributed by atoms with Gasteiger partial charge in [-0.15, -0.1) is 0 Å². The summed E-state index contributed by atoms with van der Waals surface area (Å²) in [6.45, 7) is 3.80. The van der Waals surface area contributed by atoms with Crippen molar-refractivity contribution in [1.29, 1.82) is 0 Å². The molecule has 5 heteroatoms. The molecule has 0 radical (unpaired) electrons. The number of benzene rings is 2. The summed E-state index contributed by atoms with van der Waals surface area (Å²) in [7, 11) is 0. The van der Waals surface area contributed by atoms with Gasteiger partial charge in [-0.2, -0.15) is 0 Å². The molecule has 2 heterocycles. The van der Waals surface area contributed by atoms with Crippen molar-refractivity contribution in [3.8, 4) is 0 Å². The van der Waals surface area contributed by atoms with Crippen molar-refractivity contribution in [1.82, 2.24) is 10.2 Å². The number of nitrogens with one attached hydrogen (secondary N) is 1. The lowest BCUT2D eigenvalue weighted by Gasteiger charge is -2.33. The van der Waals surface area contributed by atoms with Gasteiger partial charge in [0.2, 0.25) is 5.91 Å². The van der Waals surface area contributed by atoms with Crippen molar-refractivity contribution in [3.05, 3.63) is 78.1 Å². The average Bonchev–Trinajstić information content (AvgIpc) is 3.15. The summed E-state index contributed by atoms with van der Waals surface area (Å²) in [6.07, 6.45) is 3.20. The monoisotopic (exact) mass is 376 g/mol. The van der Waals surface area contributed by atoms with Gasteiger partial charge in [-0.3, -0.25) is 9.69 Å². The van der Waals surface area contributed by atoms with E-state index in [1.807, 2.05) is 36.4 Å². The van der Waals surface area contributed by atoms with E-state index in [-0.39, 0.29) is 12.0 Å². The summed E-state index contributed by atoms with van der Waals surface area (Å²) in [5.74, 6) is 0.517. The van der Waals surface area contributed by atoms with E-state index >= 15 is 0 Å². The van der Waals surface area contributed by atoms with E-state index in [1.165, 1.54) is 11.6 Å². The van der Waals surface area contributed by atoms with Gasteiger partial charge in [0.25, 0.3) is 0 Å². The van der Waals surface area contributed by atoms with Crippen LogP contribution in [0.1, 0.15) is 11.3 Å². The molecule has 0 bridgehead atoms. The van der Waals surface area contributed by atoms with Crippen molar-refractivity contribution in [2.24, 2.45) is 0 Å². The zero-order valence-electron chi connectivity index (χ0n) is 15.7. The molecule has 4 rings (SSSR count). The first-order valence-electron chi connectivity index (χ1n) is 9.59. The Morgan fingerprint density at radius 1 is 1.14 bits per heavy atom. The second-order valence-corrected chi connectivity index (χ2v) is 6.98. The second-order valence-electron chi connectivity index (χ2n) is 6.98. The molecule has 1 aliphatic heterocycles. The maximum absolute atomic E-state index is 12.1. The molecule has 28 heavy (non-hydrogen) atoms. The summed E-state index contributed by atoms with van der Waals surface area (Å²) >= 11 is 0. The maximum Gasteiger partial charge on any atom is 0.244 e. The predicted molar refractivity (Wildman–Crippen MR) is 110 cm³/mol. The maximum atomic E-state index is 12.1. The van der Waals surface area contributed by atoms with Crippen LogP contribution in [0.25, 0.3) is 17.0 Å². The Kier molecular flexibility index (Phi) is 5.85. The molecule has 3 aromatic rings. The Morgan fingerprint density at radius 2 is 1.96 bits per heavy atom. The second kappa shape index (κ2) is 8.87. The third-order valence-electron chi connectivity index (χ3n) is 4.82. The van der Waals surface area contributed by atoms with E-state index < -0.39 is 0 Å². The number of hydrogen-bond acceptors (Lipinski definition) is 4. The van der Waals surface area contributed by atoms with Gasteiger partial charge < -0.3 is 14.5 Å². The van der Waals surface area contributed by atoms with E-state index in [2.05, 4.69) is 34.5 Å². The number of nitrogens with zero attached hydrogens (tertiary/aromatic N) is 1. The Bertz CT molecular complexity index is 916. The van der Waals surface area contributed by atoms with E-state index in [9.17, 15) is 4.79 Å². The van der Waals surface area contributed by atoms with Crippen LogP contribution in [0, 0.1) is 0 Å². The minimum absolute atomic E-state index is 0.000938. The third kappa shape index (κ3) is 4.88. The van der Waals surface area contributed by atoms with E-state index in [0.717, 1.165) is 30.6 Å². The summed E-state index contributed by atoms with van der Waals surface area (Å²) in [4.78, 5) is 14.5. The highest BCUT2D eigenvalue weighted by Crippen LogP contribution is 2.19. The van der Waals surface area contributed by atoms with Crippen molar-refractivity contribution < 1.29 is 13.9 Å². The Labute approximate surface area is 164 Å². The number of amides is 1. The smallest absolute Gasteiger partial charge is 0.244 e. The fourth-order valence-corrected chi connectivity index (χ4v) is 3.40. The van der Waals surface area contributed by atoms with Crippen LogP contribution < -0.4 is 5.32 Å². The van der Waals surface area contributed by atoms with Crippen LogP contribution in [-0.2, 0) is 16.1 Å². The van der Waals surface area contributed by atoms with Gasteiger partial charge in [-0.05, 0) is 23.8 Å². The quantitative estimate of drug-likeness (QED) is 0.670. The summed E-state index contributed by atoms with van der Waals surface area (Å²) in [5, 5.41) is 3.95. The molecule has 1 aromatic heterocycles. The number of rotatable bonds is 6. The Hall–Kier alpha value is -2.89. The number of carbonyl (C=O) groups is 1. The largest absolute Gasteiger partial charge is 0.457 e. The molecule has 1 unspecified atom stereocenters. The molecule has 5 nitrogen and oxygen atoms in total. The van der Waals surface area contributed by atoms with Gasteiger partial charge in [-0.25, -0.2) is 0 Å². The molecule has 2 aromatic carbocycles. The molecule has 0 spiro atoms. The molecule has 0 saturated carbocycles. The van der Waals surface area contributed by atoms with Gasteiger partial charge in [-0.1, -0.05) is 48.5 Å². The highest BCUT2D eigenvalue weighted by Gasteiger charge is 2.20. The zero-order valence-corrected chi connectivity index (χ0v) is 15.7. The van der Waals surface area contributed by atoms with Crippen LogP contribution in [0.15, 0.2) is 71.2 Å². The lowest BCUT2D eigenvalue weighted by Crippen LogP contribution is -2.46. The van der Waals surface area contributed by atoms with E-state index in [1.54, 1.807) is 6.08 Å². The van der Waals surface area contributed by atoms with Gasteiger partial charge in [0.15, 0.2) is 0 Å². The minimum Gasteiger partial charge on any atom is -0.457 e. The molecule has 0 aliphatic carbocycles. The van der Waals surface area contributed by atoms with Crippen LogP contribution >= 0.6 is 0 Å². The molecular weight excluding hydrogens is 352 g/mol. The average molecular weight is 376 g/mol. The summed E-state index contributed by atoms with van der Waals surface area (Å²) in [6, 6.07) is 20.1. The number of carbonyl (C=O) groups excluding carboxylic acids is 1. The van der Waals surface area contributed by atoms with Crippen molar-refractivity contribution in [2.45, 2.75) is 12.6 Å². The summed E-state index contributed by atoms with van der Waals surface area (Å²) in [5.41, 5.74) is 2.11. The standard InChI is InChI=1S/C23H24N2O3/c26-23(11-10-20-14-19-8-4-5-9-22(19)28-20)24-15-21-17-25(12-13-27-21)16-18-6-2-1-3-7-18/h1-11,14,21H,12-13,15-17H2,(H,24,26)/b11-10+. The zero-order chi connectivity index (χ0) is 19.2. The first-order valence-corrected chi connectivity index (χ1v) is 9.59. The molecule has 1 atom stereocenters. The van der Waals surface area contributed by atoms with Crippen LogP contribution in [0.3, 0.4) is 0 Å². The number of morpholine rings is 1. The van der Waals surface area contributed by atoms with Gasteiger partial charge >= 0.3 is 0 Å². The van der Waals surface area contributed by atoms with E-state index in [0.29, 0.717) is 18.9 Å². The molecular formula is C23H24N2O3. The number of furan rings is 1. The first-order chi connectivity index (χ1) is 13.8. The fraction of sp³-hybridized carbons (Fsp3) is 0.261. The number of ether oxygens (including phenoxy) is 1. The number of para-hydroxylation sites is 1. The third-order valence-corrected chi connectivity index (χ3v) is 4.82. The molecule has 144 valence electrons. The number of hydrogen-bond donors (Lipinski definition) is 1. The highest BCUT2D eigenvalue weighted by atomic mass is 16.5. The van der Waals surface area contributed by atoms with Crippen LogP contribution in [0.5, 0.6) is 0 Å². The molecule has 1 saturated heterocycles. The van der Waals surface area contributed by atoms with Crippen LogP contribution in [-0.4, -0.2) is 43.2 Å². The summed E-state index contributed by atoms with van der Waals surface area (Å²) < 4.78 is 11.5. The Morgan fingerprint density at radius 3 is 2.82 bits per heavy atom. The predicted octanol–water partition coefficient (Wildman–Crippen LogP) is 3.46. The number of fused-ring (bicyclic) bond motifs is 1. The highest BCUT2D eigenvalue weighted by molar-refractivity contribution is 5.92. The molecule has 1 N–H and O–H groups in total. The minimum atomic E-state index is -0.149. The van der Waals surface area contributed by atoms with Gasteiger partial charge in [0.05, 0.1) is 12.7 Å². The lowest BCUT2D eigenvalue weighted by atomic mass is 10.2. The van der Waals surface area contributed by atoms with Crippen molar-refractivity contribution >= 4 is 23.0 Å². The Balaban J connectivity index is 1.25. The molecule has 1 fully saturated rings. The van der Waals surface area contributed by atoms with E-state index in [4.69, 9.17) is 9.15 Å². The molecule has 1 aliphatic rings. The lowest BCUT2D eigenvalue weighted by molar-refractivity contribution is -0.117. The van der Waals surface area contributed by atoms with Crippen molar-refractivity contribution in [2.75, 3.05) is 26.2 Å². The van der Waals surface area contributed by atoms with Crippen LogP contribution in [0.2, 0.25) is 0 Å². The first kappa shape index (κ1) is 18.5. The molecule has 1 amide bonds.